The number of aliphatic carboxylic acids is 1. The molecule has 3 N–H and O–H groups in total. The summed E-state index contributed by atoms with van der Waals surface area (Å²) in [7, 11) is -3.72. The SMILES string of the molecule is Cc1n[nH]c(C)c1S(=O)(=O)NCCN1CC(C(=O)O)CC1=O. The Bertz CT molecular complexity index is 677. The molecule has 1 aromatic rings. The number of carboxylic acid groups (broad SMARTS) is 1. The predicted molar refractivity (Wildman–Crippen MR) is 75.6 cm³/mol. The molecule has 0 spiro atoms. The van der Waals surface area contributed by atoms with E-state index in [4.69, 9.17) is 5.11 Å². The molecule has 2 rings (SSSR count). The van der Waals surface area contributed by atoms with Crippen molar-refractivity contribution in [1.29, 1.82) is 0 Å². The molecule has 10 heteroatoms. The molecule has 1 unspecified atom stereocenters. The summed E-state index contributed by atoms with van der Waals surface area (Å²) in [6.45, 7) is 3.46. The van der Waals surface area contributed by atoms with Crippen molar-refractivity contribution in [2.75, 3.05) is 19.6 Å². The zero-order chi connectivity index (χ0) is 16.5. The first kappa shape index (κ1) is 16.4. The Morgan fingerprint density at radius 2 is 2.18 bits per heavy atom. The number of carboxylic acids is 1. The number of carbonyl (C=O) groups excluding carboxylic acids is 1. The topological polar surface area (TPSA) is 132 Å². The summed E-state index contributed by atoms with van der Waals surface area (Å²) in [6.07, 6.45) is -0.0397. The van der Waals surface area contributed by atoms with Gasteiger partial charge in [-0.3, -0.25) is 14.7 Å². The Morgan fingerprint density at radius 1 is 1.50 bits per heavy atom. The van der Waals surface area contributed by atoms with Crippen LogP contribution in [0.25, 0.3) is 0 Å². The van der Waals surface area contributed by atoms with E-state index < -0.39 is 21.9 Å². The van der Waals surface area contributed by atoms with Gasteiger partial charge in [0.2, 0.25) is 15.9 Å². The number of rotatable bonds is 6. The van der Waals surface area contributed by atoms with E-state index in [1.807, 2.05) is 0 Å². The molecule has 0 aromatic carbocycles. The smallest absolute Gasteiger partial charge is 0.308 e. The van der Waals surface area contributed by atoms with Gasteiger partial charge >= 0.3 is 5.97 Å². The van der Waals surface area contributed by atoms with Gasteiger partial charge in [0.05, 0.1) is 17.3 Å². The molecule has 0 radical (unpaired) electrons. The quantitative estimate of drug-likeness (QED) is 0.628. The second-order valence-electron chi connectivity index (χ2n) is 5.24. The lowest BCUT2D eigenvalue weighted by Crippen LogP contribution is -2.36. The number of aryl methyl sites for hydroxylation is 2. The normalized spacial score (nSPS) is 18.9. The summed E-state index contributed by atoms with van der Waals surface area (Å²) >= 11 is 0. The Hall–Kier alpha value is -1.94. The van der Waals surface area contributed by atoms with Crippen LogP contribution in [0.5, 0.6) is 0 Å². The number of hydrogen-bond acceptors (Lipinski definition) is 5. The molecule has 9 nitrogen and oxygen atoms in total. The summed E-state index contributed by atoms with van der Waals surface area (Å²) < 4.78 is 26.8. The molecule has 22 heavy (non-hydrogen) atoms. The molecule has 2 heterocycles. The molecule has 0 aliphatic carbocycles. The van der Waals surface area contributed by atoms with Gasteiger partial charge in [-0.1, -0.05) is 0 Å². The fraction of sp³-hybridized carbons (Fsp3) is 0.583. The number of hydrogen-bond donors (Lipinski definition) is 3. The van der Waals surface area contributed by atoms with E-state index >= 15 is 0 Å². The first-order chi connectivity index (χ1) is 10.2. The summed E-state index contributed by atoms with van der Waals surface area (Å²) in [5.41, 5.74) is 0.807. The molecule has 1 atom stereocenters. The van der Waals surface area contributed by atoms with Gasteiger partial charge in [0, 0.05) is 26.1 Å². The van der Waals surface area contributed by atoms with Crippen LogP contribution in [0, 0.1) is 19.8 Å². The minimum absolute atomic E-state index is 0.0183. The maximum absolute atomic E-state index is 12.2. The largest absolute Gasteiger partial charge is 0.481 e. The fourth-order valence-corrected chi connectivity index (χ4v) is 3.87. The van der Waals surface area contributed by atoms with E-state index in [1.165, 1.54) is 4.90 Å². The molecule has 1 saturated heterocycles. The van der Waals surface area contributed by atoms with Crippen LogP contribution in [0.2, 0.25) is 0 Å². The van der Waals surface area contributed by atoms with Crippen molar-refractivity contribution in [3.63, 3.8) is 0 Å². The molecular weight excluding hydrogens is 312 g/mol. The van der Waals surface area contributed by atoms with E-state index in [0.717, 1.165) is 0 Å². The number of aromatic amines is 1. The van der Waals surface area contributed by atoms with Crippen LogP contribution in [-0.4, -0.2) is 60.1 Å². The first-order valence-corrected chi connectivity index (χ1v) is 8.22. The second kappa shape index (κ2) is 6.05. The molecule has 1 aromatic heterocycles. The number of nitrogens with zero attached hydrogens (tertiary/aromatic N) is 2. The standard InChI is InChI=1S/C12H18N4O5S/c1-7-11(8(2)15-14-7)22(20,21)13-3-4-16-6-9(12(18)19)5-10(16)17/h9,13H,3-6H2,1-2H3,(H,14,15)(H,18,19). The van der Waals surface area contributed by atoms with Crippen LogP contribution in [-0.2, 0) is 19.6 Å². The number of sulfonamides is 1. The Morgan fingerprint density at radius 3 is 2.68 bits per heavy atom. The maximum atomic E-state index is 12.2. The number of amides is 1. The summed E-state index contributed by atoms with van der Waals surface area (Å²) in [5.74, 6) is -2.01. The lowest BCUT2D eigenvalue weighted by molar-refractivity contribution is -0.141. The molecule has 1 fully saturated rings. The molecule has 0 bridgehead atoms. The zero-order valence-electron chi connectivity index (χ0n) is 12.3. The van der Waals surface area contributed by atoms with Crippen LogP contribution >= 0.6 is 0 Å². The van der Waals surface area contributed by atoms with Gasteiger partial charge < -0.3 is 10.0 Å². The average molecular weight is 330 g/mol. The van der Waals surface area contributed by atoms with Gasteiger partial charge in [-0.2, -0.15) is 5.10 Å². The lowest BCUT2D eigenvalue weighted by Gasteiger charge is -2.16. The van der Waals surface area contributed by atoms with Crippen molar-refractivity contribution in [2.45, 2.75) is 25.2 Å². The van der Waals surface area contributed by atoms with Crippen LogP contribution < -0.4 is 4.72 Å². The Kier molecular flexibility index (Phi) is 4.52. The Labute approximate surface area is 127 Å². The van der Waals surface area contributed by atoms with E-state index in [1.54, 1.807) is 13.8 Å². The van der Waals surface area contributed by atoms with Gasteiger partial charge in [0.1, 0.15) is 4.90 Å². The van der Waals surface area contributed by atoms with Crippen molar-refractivity contribution >= 4 is 21.9 Å². The van der Waals surface area contributed by atoms with Gasteiger partial charge in [-0.25, -0.2) is 13.1 Å². The number of H-pyrrole nitrogens is 1. The third-order valence-electron chi connectivity index (χ3n) is 3.57. The van der Waals surface area contributed by atoms with Crippen LogP contribution in [0.4, 0.5) is 0 Å². The van der Waals surface area contributed by atoms with Crippen molar-refractivity contribution in [3.05, 3.63) is 11.4 Å². The minimum Gasteiger partial charge on any atom is -0.481 e. The van der Waals surface area contributed by atoms with Gasteiger partial charge in [-0.05, 0) is 13.8 Å². The highest BCUT2D eigenvalue weighted by Gasteiger charge is 2.34. The van der Waals surface area contributed by atoms with E-state index in [2.05, 4.69) is 14.9 Å². The van der Waals surface area contributed by atoms with Crippen molar-refractivity contribution in [1.82, 2.24) is 19.8 Å². The summed E-state index contributed by atoms with van der Waals surface area (Å²) in [4.78, 5) is 24.0. The highest BCUT2D eigenvalue weighted by atomic mass is 32.2. The highest BCUT2D eigenvalue weighted by molar-refractivity contribution is 7.89. The van der Waals surface area contributed by atoms with Gasteiger partial charge in [-0.15, -0.1) is 0 Å². The monoisotopic (exact) mass is 330 g/mol. The van der Waals surface area contributed by atoms with Crippen LogP contribution in [0.1, 0.15) is 17.8 Å². The number of carbonyl (C=O) groups is 2. The molecular formula is C12H18N4O5S. The molecule has 1 amide bonds. The van der Waals surface area contributed by atoms with Crippen LogP contribution in [0.3, 0.4) is 0 Å². The number of likely N-dealkylation sites (tertiary alicyclic amines) is 1. The lowest BCUT2D eigenvalue weighted by atomic mass is 10.1. The number of aromatic nitrogens is 2. The Balaban J connectivity index is 1.94. The van der Waals surface area contributed by atoms with Crippen LogP contribution in [0.15, 0.2) is 4.90 Å². The molecule has 122 valence electrons. The third-order valence-corrected chi connectivity index (χ3v) is 5.29. The van der Waals surface area contributed by atoms with Crippen molar-refractivity contribution in [3.8, 4) is 0 Å². The van der Waals surface area contributed by atoms with E-state index in [9.17, 15) is 18.0 Å². The average Bonchev–Trinajstić information content (AvgIpc) is 2.93. The van der Waals surface area contributed by atoms with Crippen molar-refractivity contribution < 1.29 is 23.1 Å². The molecule has 0 saturated carbocycles. The second-order valence-corrected chi connectivity index (χ2v) is 6.94. The minimum atomic E-state index is -3.72. The predicted octanol–water partition coefficient (Wildman–Crippen LogP) is -0.762. The van der Waals surface area contributed by atoms with Crippen molar-refractivity contribution in [2.24, 2.45) is 5.92 Å². The fourth-order valence-electron chi connectivity index (χ4n) is 2.48. The summed E-state index contributed by atoms with van der Waals surface area (Å²) in [6, 6.07) is 0. The molecule has 1 aliphatic heterocycles. The number of nitrogens with one attached hydrogen (secondary N) is 2. The molecule has 1 aliphatic rings. The zero-order valence-corrected chi connectivity index (χ0v) is 13.1. The van der Waals surface area contributed by atoms with Gasteiger partial charge in [0.25, 0.3) is 0 Å². The summed E-state index contributed by atoms with van der Waals surface area (Å²) in [5, 5.41) is 15.3. The van der Waals surface area contributed by atoms with E-state index in [0.29, 0.717) is 11.4 Å². The third kappa shape index (κ3) is 3.28. The van der Waals surface area contributed by atoms with Gasteiger partial charge in [0.15, 0.2) is 0 Å². The highest BCUT2D eigenvalue weighted by Crippen LogP contribution is 2.18. The maximum Gasteiger partial charge on any atom is 0.308 e. The van der Waals surface area contributed by atoms with E-state index in [-0.39, 0.29) is 36.9 Å². The first-order valence-electron chi connectivity index (χ1n) is 6.74.